The molecule has 0 bridgehead atoms. The molecule has 2 aromatic rings. The second kappa shape index (κ2) is 4.97. The third-order valence-corrected chi connectivity index (χ3v) is 2.23. The summed E-state index contributed by atoms with van der Waals surface area (Å²) in [5.41, 5.74) is 1.07. The molecule has 0 saturated heterocycles. The Labute approximate surface area is 105 Å². The Morgan fingerprint density at radius 3 is 2.24 bits per heavy atom. The van der Waals surface area contributed by atoms with Gasteiger partial charge in [0.2, 0.25) is 0 Å². The molecule has 17 heavy (non-hydrogen) atoms. The zero-order valence-corrected chi connectivity index (χ0v) is 10.2. The van der Waals surface area contributed by atoms with Crippen LogP contribution in [-0.4, -0.2) is 25.8 Å². The van der Waals surface area contributed by atoms with Crippen LogP contribution in [0.2, 0.25) is 0 Å². The molecule has 0 atom stereocenters. The molecule has 5 nitrogen and oxygen atoms in total. The van der Waals surface area contributed by atoms with Crippen LogP contribution in [-0.2, 0) is 0 Å². The molecule has 0 saturated carbocycles. The van der Waals surface area contributed by atoms with Gasteiger partial charge in [0.1, 0.15) is 11.6 Å². The molecule has 1 aromatic carbocycles. The van der Waals surface area contributed by atoms with Crippen molar-refractivity contribution in [3.63, 3.8) is 0 Å². The average Bonchev–Trinajstić information content (AvgIpc) is 2.58. The normalized spacial score (nSPS) is 9.76. The fraction of sp³-hybridized carbons (Fsp3) is 0.182. The number of carbonyl (C=O) groups is 1. The van der Waals surface area contributed by atoms with Gasteiger partial charge in [0.05, 0.1) is 11.3 Å². The maximum atomic E-state index is 10.7. The summed E-state index contributed by atoms with van der Waals surface area (Å²) in [5, 5.41) is 13.0. The van der Waals surface area contributed by atoms with Gasteiger partial charge >= 0.3 is 5.97 Å². The Balaban J connectivity index is 0.00000144. The zero-order valence-electron chi connectivity index (χ0n) is 9.41. The monoisotopic (exact) mass is 253 g/mol. The van der Waals surface area contributed by atoms with E-state index in [1.165, 1.54) is 0 Å². The summed E-state index contributed by atoms with van der Waals surface area (Å²) in [4.78, 5) is 14.9. The number of hydrogen-bond donors (Lipinski definition) is 1. The van der Waals surface area contributed by atoms with Crippen molar-refractivity contribution in [2.75, 3.05) is 0 Å². The van der Waals surface area contributed by atoms with Crippen molar-refractivity contribution in [1.29, 1.82) is 0 Å². The Kier molecular flexibility index (Phi) is 3.85. The first-order valence-electron chi connectivity index (χ1n) is 4.82. The van der Waals surface area contributed by atoms with Crippen molar-refractivity contribution in [3.8, 4) is 5.69 Å². The van der Waals surface area contributed by atoms with Gasteiger partial charge in [-0.15, -0.1) is 12.4 Å². The van der Waals surface area contributed by atoms with Gasteiger partial charge in [-0.25, -0.2) is 14.5 Å². The van der Waals surface area contributed by atoms with Gasteiger partial charge in [-0.05, 0) is 38.1 Å². The predicted octanol–water partition coefficient (Wildman–Crippen LogP) is 2.00. The van der Waals surface area contributed by atoms with Gasteiger partial charge in [0, 0.05) is 0 Å². The van der Waals surface area contributed by atoms with Crippen LogP contribution in [0.25, 0.3) is 5.69 Å². The highest BCUT2D eigenvalue weighted by molar-refractivity contribution is 5.87. The zero-order chi connectivity index (χ0) is 11.7. The fourth-order valence-electron chi connectivity index (χ4n) is 1.51. The molecule has 0 fully saturated rings. The van der Waals surface area contributed by atoms with E-state index in [0.29, 0.717) is 5.82 Å². The summed E-state index contributed by atoms with van der Waals surface area (Å²) in [7, 11) is 0. The fourth-order valence-corrected chi connectivity index (χ4v) is 1.51. The summed E-state index contributed by atoms with van der Waals surface area (Å²) in [6.45, 7) is 3.67. The molecule has 90 valence electrons. The number of aryl methyl sites for hydroxylation is 2. The molecule has 0 radical (unpaired) electrons. The summed E-state index contributed by atoms with van der Waals surface area (Å²) in [5.74, 6) is 0.540. The molecule has 0 amide bonds. The van der Waals surface area contributed by atoms with Crippen LogP contribution in [0.5, 0.6) is 0 Å². The number of halogens is 1. The number of aromatic carboxylic acids is 1. The topological polar surface area (TPSA) is 68.0 Å². The summed E-state index contributed by atoms with van der Waals surface area (Å²) in [6.07, 6.45) is 0. The number of aromatic nitrogens is 3. The first-order valence-corrected chi connectivity index (χ1v) is 4.82. The van der Waals surface area contributed by atoms with E-state index in [-0.39, 0.29) is 18.0 Å². The molecule has 0 aliphatic rings. The standard InChI is InChI=1S/C11H11N3O2.ClH/c1-7-12-8(2)14(13-7)10-5-3-9(4-6-10)11(15)16;/h3-6H,1-2H3,(H,15,16);1H. The van der Waals surface area contributed by atoms with Crippen molar-refractivity contribution in [3.05, 3.63) is 41.5 Å². The number of hydrogen-bond acceptors (Lipinski definition) is 3. The van der Waals surface area contributed by atoms with E-state index in [1.807, 2.05) is 13.8 Å². The number of nitrogens with zero attached hydrogens (tertiary/aromatic N) is 3. The highest BCUT2D eigenvalue weighted by Gasteiger charge is 2.06. The minimum atomic E-state index is -0.932. The Morgan fingerprint density at radius 1 is 1.24 bits per heavy atom. The van der Waals surface area contributed by atoms with Crippen molar-refractivity contribution < 1.29 is 9.90 Å². The van der Waals surface area contributed by atoms with Crippen LogP contribution in [0, 0.1) is 13.8 Å². The largest absolute Gasteiger partial charge is 0.478 e. The highest BCUT2D eigenvalue weighted by Crippen LogP contribution is 2.11. The molecule has 0 aliphatic heterocycles. The SMILES string of the molecule is Cc1nc(C)n(-c2ccc(C(=O)O)cc2)n1.Cl. The third kappa shape index (κ3) is 2.62. The van der Waals surface area contributed by atoms with Gasteiger partial charge in [-0.1, -0.05) is 0 Å². The van der Waals surface area contributed by atoms with E-state index >= 15 is 0 Å². The smallest absolute Gasteiger partial charge is 0.335 e. The molecule has 1 heterocycles. The Bertz CT molecular complexity index is 534. The number of carboxylic acid groups (broad SMARTS) is 1. The lowest BCUT2D eigenvalue weighted by Crippen LogP contribution is -2.01. The van der Waals surface area contributed by atoms with Crippen molar-refractivity contribution >= 4 is 18.4 Å². The summed E-state index contributed by atoms with van der Waals surface area (Å²) in [6, 6.07) is 6.53. The first kappa shape index (κ1) is 13.2. The minimum absolute atomic E-state index is 0. The van der Waals surface area contributed by atoms with E-state index in [2.05, 4.69) is 10.1 Å². The summed E-state index contributed by atoms with van der Waals surface area (Å²) >= 11 is 0. The maximum Gasteiger partial charge on any atom is 0.335 e. The Hall–Kier alpha value is -1.88. The van der Waals surface area contributed by atoms with Gasteiger partial charge < -0.3 is 5.11 Å². The average molecular weight is 254 g/mol. The quantitative estimate of drug-likeness (QED) is 0.889. The molecule has 1 aromatic heterocycles. The van der Waals surface area contributed by atoms with E-state index in [1.54, 1.807) is 28.9 Å². The van der Waals surface area contributed by atoms with Crippen LogP contribution in [0.3, 0.4) is 0 Å². The molecule has 1 N–H and O–H groups in total. The molecule has 0 spiro atoms. The highest BCUT2D eigenvalue weighted by atomic mass is 35.5. The second-order valence-corrected chi connectivity index (χ2v) is 3.47. The number of carboxylic acids is 1. The molecular formula is C11H12ClN3O2. The van der Waals surface area contributed by atoms with Crippen LogP contribution < -0.4 is 0 Å². The van der Waals surface area contributed by atoms with Crippen LogP contribution >= 0.6 is 12.4 Å². The molecule has 2 rings (SSSR count). The van der Waals surface area contributed by atoms with Gasteiger partial charge in [0.15, 0.2) is 0 Å². The van der Waals surface area contributed by atoms with Gasteiger partial charge in [-0.3, -0.25) is 0 Å². The lowest BCUT2D eigenvalue weighted by molar-refractivity contribution is 0.0697. The molecule has 0 aliphatic carbocycles. The molecule has 0 unspecified atom stereocenters. The molecular weight excluding hydrogens is 242 g/mol. The van der Waals surface area contributed by atoms with E-state index in [0.717, 1.165) is 11.5 Å². The predicted molar refractivity (Wildman–Crippen MR) is 65.0 cm³/mol. The van der Waals surface area contributed by atoms with Gasteiger partial charge in [0.25, 0.3) is 0 Å². The van der Waals surface area contributed by atoms with Crippen LogP contribution in [0.15, 0.2) is 24.3 Å². The summed E-state index contributed by atoms with van der Waals surface area (Å²) < 4.78 is 1.68. The second-order valence-electron chi connectivity index (χ2n) is 3.47. The first-order chi connectivity index (χ1) is 7.58. The van der Waals surface area contributed by atoms with Crippen molar-refractivity contribution in [1.82, 2.24) is 14.8 Å². The van der Waals surface area contributed by atoms with Crippen molar-refractivity contribution in [2.24, 2.45) is 0 Å². The van der Waals surface area contributed by atoms with Crippen LogP contribution in [0.4, 0.5) is 0 Å². The van der Waals surface area contributed by atoms with Crippen molar-refractivity contribution in [2.45, 2.75) is 13.8 Å². The van der Waals surface area contributed by atoms with Crippen LogP contribution in [0.1, 0.15) is 22.0 Å². The van der Waals surface area contributed by atoms with Gasteiger partial charge in [-0.2, -0.15) is 5.10 Å². The lowest BCUT2D eigenvalue weighted by atomic mass is 10.2. The maximum absolute atomic E-state index is 10.7. The number of benzene rings is 1. The molecule has 6 heteroatoms. The number of rotatable bonds is 2. The third-order valence-electron chi connectivity index (χ3n) is 2.23. The van der Waals surface area contributed by atoms with E-state index in [9.17, 15) is 4.79 Å². The lowest BCUT2D eigenvalue weighted by Gasteiger charge is -2.02. The minimum Gasteiger partial charge on any atom is -0.478 e. The van der Waals surface area contributed by atoms with E-state index in [4.69, 9.17) is 5.11 Å². The Morgan fingerprint density at radius 2 is 1.82 bits per heavy atom. The van der Waals surface area contributed by atoms with E-state index < -0.39 is 5.97 Å².